The van der Waals surface area contributed by atoms with E-state index in [1.165, 1.54) is 7.11 Å². The number of ether oxygens (including phenoxy) is 2. The molecule has 1 aromatic heterocycles. The number of nitrogens with zero attached hydrogens (tertiary/aromatic N) is 3. The summed E-state index contributed by atoms with van der Waals surface area (Å²) in [6.07, 6.45) is 3.33. The van der Waals surface area contributed by atoms with Gasteiger partial charge in [0, 0.05) is 6.42 Å². The lowest BCUT2D eigenvalue weighted by Crippen LogP contribution is -2.08. The molecule has 0 fully saturated rings. The van der Waals surface area contributed by atoms with Gasteiger partial charge in [-0.2, -0.15) is 0 Å². The molecule has 1 heterocycles. The Labute approximate surface area is 162 Å². The minimum atomic E-state index is -0.386. The van der Waals surface area contributed by atoms with Crippen LogP contribution in [-0.4, -0.2) is 34.0 Å². The summed E-state index contributed by atoms with van der Waals surface area (Å²) in [5.41, 5.74) is 3.15. The normalized spacial score (nSPS) is 10.5. The lowest BCUT2D eigenvalue weighted by molar-refractivity contribution is -0.134. The first kappa shape index (κ1) is 19.3. The zero-order valence-electron chi connectivity index (χ0n) is 15.8. The fraction of sp³-hybridized carbons (Fsp3) is 0.238. The predicted molar refractivity (Wildman–Crippen MR) is 102 cm³/mol. The van der Waals surface area contributed by atoms with Crippen molar-refractivity contribution in [3.8, 4) is 11.4 Å². The molecule has 0 N–H and O–H groups in total. The summed E-state index contributed by atoms with van der Waals surface area (Å²) in [6.45, 7) is 1.98. The molecule has 0 spiro atoms. The number of benzene rings is 2. The molecular weight excluding hydrogens is 358 g/mol. The highest BCUT2D eigenvalue weighted by Gasteiger charge is 2.09. The second kappa shape index (κ2) is 8.94. The van der Waals surface area contributed by atoms with Crippen LogP contribution in [0.1, 0.15) is 34.5 Å². The summed E-state index contributed by atoms with van der Waals surface area (Å²) in [4.78, 5) is 23.4. The third-order valence-electron chi connectivity index (χ3n) is 4.16. The molecule has 28 heavy (non-hydrogen) atoms. The third kappa shape index (κ3) is 5.03. The van der Waals surface area contributed by atoms with Gasteiger partial charge < -0.3 is 9.47 Å². The minimum Gasteiger partial charge on any atom is -0.465 e. The number of carbonyl (C=O) groups excluding carboxylic acids is 2. The van der Waals surface area contributed by atoms with E-state index >= 15 is 0 Å². The van der Waals surface area contributed by atoms with Crippen LogP contribution in [0, 0.1) is 6.92 Å². The fourth-order valence-corrected chi connectivity index (χ4v) is 2.61. The van der Waals surface area contributed by atoms with Gasteiger partial charge in [0.1, 0.15) is 5.75 Å². The van der Waals surface area contributed by atoms with Gasteiger partial charge in [0.15, 0.2) is 0 Å². The van der Waals surface area contributed by atoms with Crippen molar-refractivity contribution in [3.05, 3.63) is 71.5 Å². The van der Waals surface area contributed by atoms with E-state index in [4.69, 9.17) is 4.74 Å². The molecule has 0 radical (unpaired) electrons. The number of esters is 2. The van der Waals surface area contributed by atoms with Crippen LogP contribution in [0.25, 0.3) is 5.69 Å². The van der Waals surface area contributed by atoms with Gasteiger partial charge in [-0.05, 0) is 56.2 Å². The Hall–Kier alpha value is -3.48. The molecule has 0 aliphatic heterocycles. The molecule has 2 aromatic carbocycles. The van der Waals surface area contributed by atoms with E-state index in [2.05, 4.69) is 15.0 Å². The third-order valence-corrected chi connectivity index (χ3v) is 4.16. The Morgan fingerprint density at radius 1 is 1.04 bits per heavy atom. The molecule has 0 saturated heterocycles. The Kier molecular flexibility index (Phi) is 6.16. The van der Waals surface area contributed by atoms with Crippen LogP contribution in [-0.2, 0) is 16.0 Å². The maximum Gasteiger partial charge on any atom is 0.337 e. The molecule has 0 bridgehead atoms. The summed E-state index contributed by atoms with van der Waals surface area (Å²) in [7, 11) is 1.34. The minimum absolute atomic E-state index is 0.269. The molecule has 7 nitrogen and oxygen atoms in total. The smallest absolute Gasteiger partial charge is 0.337 e. The zero-order valence-corrected chi connectivity index (χ0v) is 15.8. The van der Waals surface area contributed by atoms with E-state index in [-0.39, 0.29) is 11.9 Å². The number of rotatable bonds is 7. The number of carbonyl (C=O) groups is 2. The van der Waals surface area contributed by atoms with Crippen LogP contribution in [0.15, 0.2) is 54.7 Å². The highest BCUT2D eigenvalue weighted by atomic mass is 16.5. The molecule has 0 unspecified atom stereocenters. The van der Waals surface area contributed by atoms with Crippen LogP contribution < -0.4 is 4.74 Å². The molecule has 3 aromatic rings. The second-order valence-corrected chi connectivity index (χ2v) is 6.33. The molecular formula is C21H21N3O4. The Bertz CT molecular complexity index is 947. The number of aromatic nitrogens is 3. The first-order valence-electron chi connectivity index (χ1n) is 8.92. The molecule has 144 valence electrons. The van der Waals surface area contributed by atoms with Gasteiger partial charge in [-0.25, -0.2) is 9.48 Å². The van der Waals surface area contributed by atoms with E-state index in [1.807, 2.05) is 19.1 Å². The largest absolute Gasteiger partial charge is 0.465 e. The quantitative estimate of drug-likeness (QED) is 0.463. The van der Waals surface area contributed by atoms with Gasteiger partial charge in [0.2, 0.25) is 0 Å². The van der Waals surface area contributed by atoms with Crippen LogP contribution in [0.2, 0.25) is 0 Å². The first-order valence-corrected chi connectivity index (χ1v) is 8.92. The van der Waals surface area contributed by atoms with Gasteiger partial charge in [0.25, 0.3) is 0 Å². The molecule has 0 saturated carbocycles. The summed E-state index contributed by atoms with van der Waals surface area (Å²) >= 11 is 0. The van der Waals surface area contributed by atoms with E-state index in [9.17, 15) is 9.59 Å². The van der Waals surface area contributed by atoms with E-state index in [0.717, 1.165) is 16.9 Å². The monoisotopic (exact) mass is 379 g/mol. The maximum atomic E-state index is 11.9. The van der Waals surface area contributed by atoms with Crippen molar-refractivity contribution in [2.75, 3.05) is 7.11 Å². The van der Waals surface area contributed by atoms with Crippen molar-refractivity contribution < 1.29 is 19.1 Å². The summed E-state index contributed by atoms with van der Waals surface area (Å²) < 4.78 is 11.6. The summed E-state index contributed by atoms with van der Waals surface area (Å²) in [6, 6.07) is 14.2. The zero-order chi connectivity index (χ0) is 19.9. The molecule has 0 atom stereocenters. The topological polar surface area (TPSA) is 83.3 Å². The number of aryl methyl sites for hydroxylation is 2. The highest BCUT2D eigenvalue weighted by Crippen LogP contribution is 2.14. The Morgan fingerprint density at radius 3 is 2.43 bits per heavy atom. The molecule has 7 heteroatoms. The molecule has 0 aliphatic rings. The second-order valence-electron chi connectivity index (χ2n) is 6.33. The van der Waals surface area contributed by atoms with E-state index in [0.29, 0.717) is 30.6 Å². The van der Waals surface area contributed by atoms with Crippen LogP contribution in [0.5, 0.6) is 5.75 Å². The highest BCUT2D eigenvalue weighted by molar-refractivity contribution is 5.89. The lowest BCUT2D eigenvalue weighted by atomic mass is 10.2. The van der Waals surface area contributed by atoms with Gasteiger partial charge in [-0.15, -0.1) is 5.10 Å². The summed E-state index contributed by atoms with van der Waals surface area (Å²) in [5.74, 6) is -0.102. The van der Waals surface area contributed by atoms with Crippen molar-refractivity contribution in [1.29, 1.82) is 0 Å². The van der Waals surface area contributed by atoms with Crippen LogP contribution in [0.4, 0.5) is 0 Å². The van der Waals surface area contributed by atoms with Crippen molar-refractivity contribution in [2.45, 2.75) is 26.2 Å². The van der Waals surface area contributed by atoms with Crippen LogP contribution >= 0.6 is 0 Å². The molecule has 3 rings (SSSR count). The fourth-order valence-electron chi connectivity index (χ4n) is 2.61. The number of methoxy groups -OCH3 is 1. The summed E-state index contributed by atoms with van der Waals surface area (Å²) in [5, 5.41) is 8.22. The van der Waals surface area contributed by atoms with Gasteiger partial charge in [0.05, 0.1) is 30.3 Å². The van der Waals surface area contributed by atoms with Gasteiger partial charge >= 0.3 is 11.9 Å². The SMILES string of the molecule is COC(=O)c1ccc(-n2cc(CCCC(=O)Oc3ccc(C)cc3)nn2)cc1. The number of hydrogen-bond donors (Lipinski definition) is 0. The van der Waals surface area contributed by atoms with Gasteiger partial charge in [-0.1, -0.05) is 22.9 Å². The van der Waals surface area contributed by atoms with Crippen molar-refractivity contribution in [2.24, 2.45) is 0 Å². The van der Waals surface area contributed by atoms with Crippen molar-refractivity contribution in [3.63, 3.8) is 0 Å². The van der Waals surface area contributed by atoms with Crippen LogP contribution in [0.3, 0.4) is 0 Å². The van der Waals surface area contributed by atoms with Crippen molar-refractivity contribution in [1.82, 2.24) is 15.0 Å². The lowest BCUT2D eigenvalue weighted by Gasteiger charge is -2.04. The van der Waals surface area contributed by atoms with E-state index < -0.39 is 0 Å². The van der Waals surface area contributed by atoms with Crippen molar-refractivity contribution >= 4 is 11.9 Å². The average molecular weight is 379 g/mol. The van der Waals surface area contributed by atoms with Gasteiger partial charge in [-0.3, -0.25) is 4.79 Å². The maximum absolute atomic E-state index is 11.9. The number of hydrogen-bond acceptors (Lipinski definition) is 6. The Morgan fingerprint density at radius 2 is 1.75 bits per heavy atom. The Balaban J connectivity index is 1.50. The first-order chi connectivity index (χ1) is 13.5. The molecule has 0 aliphatic carbocycles. The molecule has 0 amide bonds. The standard InChI is InChI=1S/C21H21N3O4/c1-15-6-12-19(13-7-15)28-20(25)5-3-4-17-14-24(23-22-17)18-10-8-16(9-11-18)21(26)27-2/h6-14H,3-5H2,1-2H3. The average Bonchev–Trinajstić information content (AvgIpc) is 3.18. The van der Waals surface area contributed by atoms with E-state index in [1.54, 1.807) is 47.3 Å². The predicted octanol–water partition coefficient (Wildman–Crippen LogP) is 3.29.